The van der Waals surface area contributed by atoms with E-state index in [1.165, 1.54) is 15.5 Å². The molecule has 2 aromatic heterocycles. The molecule has 1 aliphatic heterocycles. The highest BCUT2D eigenvalue weighted by molar-refractivity contribution is 7.90. The predicted molar refractivity (Wildman–Crippen MR) is 79.9 cm³/mol. The molecule has 0 aromatic carbocycles. The van der Waals surface area contributed by atoms with Crippen molar-refractivity contribution in [3.05, 3.63) is 30.1 Å². The molecule has 8 nitrogen and oxygen atoms in total. The Morgan fingerprint density at radius 2 is 2.09 bits per heavy atom. The molecule has 0 spiro atoms. The summed E-state index contributed by atoms with van der Waals surface area (Å²) in [6.07, 6.45) is 2.94. The van der Waals surface area contributed by atoms with Gasteiger partial charge in [0.15, 0.2) is 5.69 Å². The van der Waals surface area contributed by atoms with E-state index >= 15 is 0 Å². The van der Waals surface area contributed by atoms with Gasteiger partial charge >= 0.3 is 5.97 Å². The molecular weight excluding hydrogens is 322 g/mol. The number of carbonyl (C=O) groups excluding carboxylic acids is 1. The normalized spacial score (nSPS) is 18.5. The Labute approximate surface area is 132 Å². The second kappa shape index (κ2) is 5.34. The molecule has 0 bridgehead atoms. The third-order valence-corrected chi connectivity index (χ3v) is 4.83. The molecule has 2 aromatic rings. The number of amides is 1. The summed E-state index contributed by atoms with van der Waals surface area (Å²) >= 11 is 0. The van der Waals surface area contributed by atoms with Gasteiger partial charge in [-0.3, -0.25) is 14.0 Å². The van der Waals surface area contributed by atoms with Gasteiger partial charge in [0.25, 0.3) is 5.91 Å². The average molecular weight is 337 g/mol. The van der Waals surface area contributed by atoms with Crippen LogP contribution in [0.4, 0.5) is 0 Å². The maximum absolute atomic E-state index is 12.6. The van der Waals surface area contributed by atoms with Gasteiger partial charge in [-0.05, 0) is 18.6 Å². The van der Waals surface area contributed by atoms with Gasteiger partial charge < -0.3 is 10.0 Å². The first-order chi connectivity index (χ1) is 10.8. The van der Waals surface area contributed by atoms with Gasteiger partial charge in [0.2, 0.25) is 15.0 Å². The fourth-order valence-corrected chi connectivity index (χ4v) is 3.50. The van der Waals surface area contributed by atoms with Crippen LogP contribution in [0.15, 0.2) is 29.6 Å². The van der Waals surface area contributed by atoms with Crippen molar-refractivity contribution in [3.63, 3.8) is 0 Å². The van der Waals surface area contributed by atoms with Crippen LogP contribution in [0.5, 0.6) is 0 Å². The Morgan fingerprint density at radius 3 is 2.70 bits per heavy atom. The van der Waals surface area contributed by atoms with E-state index in [0.29, 0.717) is 18.5 Å². The molecular formula is C14H15N3O5S. The summed E-state index contributed by atoms with van der Waals surface area (Å²) in [5, 5.41) is 8.83. The lowest BCUT2D eigenvalue weighted by atomic mass is 10.1. The predicted octanol–water partition coefficient (Wildman–Crippen LogP) is 0.284. The molecule has 122 valence electrons. The number of nitrogens with zero attached hydrogens (tertiary/aromatic N) is 3. The van der Waals surface area contributed by atoms with Crippen LogP contribution in [0.25, 0.3) is 5.52 Å². The Morgan fingerprint density at radius 1 is 1.35 bits per heavy atom. The maximum atomic E-state index is 12.6. The first kappa shape index (κ1) is 15.5. The molecule has 0 saturated carbocycles. The molecule has 1 fully saturated rings. The van der Waals surface area contributed by atoms with E-state index in [9.17, 15) is 18.0 Å². The number of fused-ring (bicyclic) bond motifs is 1. The van der Waals surface area contributed by atoms with E-state index in [2.05, 4.69) is 4.98 Å². The van der Waals surface area contributed by atoms with Crippen LogP contribution in [0.3, 0.4) is 0 Å². The Balaban J connectivity index is 2.04. The lowest BCUT2D eigenvalue weighted by Gasteiger charge is -2.14. The third kappa shape index (κ3) is 2.67. The van der Waals surface area contributed by atoms with Gasteiger partial charge in [0, 0.05) is 25.5 Å². The first-order valence-electron chi connectivity index (χ1n) is 6.98. The lowest BCUT2D eigenvalue weighted by Crippen LogP contribution is -2.30. The zero-order valence-electron chi connectivity index (χ0n) is 12.3. The molecule has 0 radical (unpaired) electrons. The maximum Gasteiger partial charge on any atom is 0.308 e. The van der Waals surface area contributed by atoms with Crippen molar-refractivity contribution in [2.75, 3.05) is 19.3 Å². The van der Waals surface area contributed by atoms with Gasteiger partial charge in [-0.15, -0.1) is 0 Å². The van der Waals surface area contributed by atoms with E-state index in [1.807, 2.05) is 0 Å². The van der Waals surface area contributed by atoms with E-state index < -0.39 is 27.6 Å². The zero-order chi connectivity index (χ0) is 16.8. The van der Waals surface area contributed by atoms with Gasteiger partial charge in [0.05, 0.1) is 11.4 Å². The quantitative estimate of drug-likeness (QED) is 0.862. The van der Waals surface area contributed by atoms with Crippen molar-refractivity contribution in [1.82, 2.24) is 14.3 Å². The number of likely N-dealkylation sites (tertiary alicyclic amines) is 1. The Kier molecular flexibility index (Phi) is 3.59. The van der Waals surface area contributed by atoms with Gasteiger partial charge in [-0.2, -0.15) is 0 Å². The van der Waals surface area contributed by atoms with Crippen LogP contribution < -0.4 is 0 Å². The third-order valence-electron chi connectivity index (χ3n) is 3.87. The zero-order valence-corrected chi connectivity index (χ0v) is 13.2. The number of carboxylic acid groups (broad SMARTS) is 1. The number of carbonyl (C=O) groups is 2. The number of aromatic nitrogens is 2. The summed E-state index contributed by atoms with van der Waals surface area (Å²) < 4.78 is 25.1. The van der Waals surface area contributed by atoms with Crippen molar-refractivity contribution in [2.24, 2.45) is 5.92 Å². The highest BCUT2D eigenvalue weighted by atomic mass is 32.2. The molecule has 23 heavy (non-hydrogen) atoms. The Bertz CT molecular complexity index is 902. The van der Waals surface area contributed by atoms with Crippen LogP contribution in [-0.4, -0.2) is 59.0 Å². The highest BCUT2D eigenvalue weighted by Gasteiger charge is 2.33. The van der Waals surface area contributed by atoms with E-state index in [1.54, 1.807) is 18.2 Å². The molecule has 1 aliphatic rings. The largest absolute Gasteiger partial charge is 0.481 e. The SMILES string of the molecule is CS(=O)(=O)c1nc(C(=O)N2CCC(C(=O)O)C2)c2ccccn12. The highest BCUT2D eigenvalue weighted by Crippen LogP contribution is 2.22. The number of rotatable bonds is 3. The van der Waals surface area contributed by atoms with E-state index in [4.69, 9.17) is 5.11 Å². The second-order valence-corrected chi connectivity index (χ2v) is 7.46. The standard InChI is InChI=1S/C14H15N3O5S/c1-23(21,22)14-15-11(10-4-2-3-6-17(10)14)12(18)16-7-5-9(8-16)13(19)20/h2-4,6,9H,5,7-8H2,1H3,(H,19,20). The summed E-state index contributed by atoms with van der Waals surface area (Å²) in [6, 6.07) is 4.94. The first-order valence-corrected chi connectivity index (χ1v) is 8.87. The van der Waals surface area contributed by atoms with Crippen molar-refractivity contribution < 1.29 is 23.1 Å². The van der Waals surface area contributed by atoms with Crippen LogP contribution >= 0.6 is 0 Å². The summed E-state index contributed by atoms with van der Waals surface area (Å²) in [6.45, 7) is 0.421. The minimum atomic E-state index is -3.60. The monoisotopic (exact) mass is 337 g/mol. The number of hydrogen-bond donors (Lipinski definition) is 1. The number of pyridine rings is 1. The van der Waals surface area contributed by atoms with Crippen LogP contribution in [0.2, 0.25) is 0 Å². The molecule has 3 rings (SSSR count). The van der Waals surface area contributed by atoms with Gasteiger partial charge in [0.1, 0.15) is 0 Å². The molecule has 1 N–H and O–H groups in total. The number of aliphatic carboxylic acids is 1. The summed E-state index contributed by atoms with van der Waals surface area (Å²) in [7, 11) is -3.60. The number of hydrogen-bond acceptors (Lipinski definition) is 5. The molecule has 1 unspecified atom stereocenters. The molecule has 1 atom stereocenters. The molecule has 1 saturated heterocycles. The fraction of sp³-hybridized carbons (Fsp3) is 0.357. The van der Waals surface area contributed by atoms with Crippen LogP contribution in [0.1, 0.15) is 16.9 Å². The Hall–Kier alpha value is -2.42. The van der Waals surface area contributed by atoms with Gasteiger partial charge in [-0.25, -0.2) is 13.4 Å². The van der Waals surface area contributed by atoms with Crippen LogP contribution in [-0.2, 0) is 14.6 Å². The summed E-state index contributed by atoms with van der Waals surface area (Å²) in [5.74, 6) is -1.98. The summed E-state index contributed by atoms with van der Waals surface area (Å²) in [5.41, 5.74) is 0.411. The number of sulfone groups is 1. The minimum absolute atomic E-state index is 0.0251. The summed E-state index contributed by atoms with van der Waals surface area (Å²) in [4.78, 5) is 29.1. The number of carboxylic acids is 1. The number of imidazole rings is 1. The van der Waals surface area contributed by atoms with Gasteiger partial charge in [-0.1, -0.05) is 6.07 Å². The average Bonchev–Trinajstić information content (AvgIpc) is 3.11. The fourth-order valence-electron chi connectivity index (χ4n) is 2.72. The molecule has 9 heteroatoms. The lowest BCUT2D eigenvalue weighted by molar-refractivity contribution is -0.141. The molecule has 3 heterocycles. The smallest absolute Gasteiger partial charge is 0.308 e. The van der Waals surface area contributed by atoms with Crippen molar-refractivity contribution >= 4 is 27.2 Å². The van der Waals surface area contributed by atoms with E-state index in [-0.39, 0.29) is 17.4 Å². The van der Waals surface area contributed by atoms with Crippen molar-refractivity contribution in [2.45, 2.75) is 11.6 Å². The van der Waals surface area contributed by atoms with Crippen molar-refractivity contribution in [3.8, 4) is 0 Å². The van der Waals surface area contributed by atoms with E-state index in [0.717, 1.165) is 6.26 Å². The van der Waals surface area contributed by atoms with Crippen LogP contribution in [0, 0.1) is 5.92 Å². The molecule has 1 amide bonds. The molecule has 0 aliphatic carbocycles. The van der Waals surface area contributed by atoms with Crippen molar-refractivity contribution in [1.29, 1.82) is 0 Å². The minimum Gasteiger partial charge on any atom is -0.481 e. The second-order valence-electron chi connectivity index (χ2n) is 5.55. The topological polar surface area (TPSA) is 109 Å².